The summed E-state index contributed by atoms with van der Waals surface area (Å²) in [5.41, 5.74) is 2.12. The van der Waals surface area contributed by atoms with E-state index in [2.05, 4.69) is 20.6 Å². The highest BCUT2D eigenvalue weighted by molar-refractivity contribution is 14.0. The number of rotatable bonds is 6. The van der Waals surface area contributed by atoms with Gasteiger partial charge in [-0.3, -0.25) is 4.99 Å². The summed E-state index contributed by atoms with van der Waals surface area (Å²) in [4.78, 5) is 8.28. The van der Waals surface area contributed by atoms with Crippen molar-refractivity contribution in [2.24, 2.45) is 4.99 Å². The van der Waals surface area contributed by atoms with E-state index in [0.717, 1.165) is 16.9 Å². The van der Waals surface area contributed by atoms with Crippen LogP contribution in [-0.2, 0) is 13.1 Å². The van der Waals surface area contributed by atoms with Crippen LogP contribution in [-0.4, -0.2) is 24.6 Å². The number of benzene rings is 1. The molecule has 24 heavy (non-hydrogen) atoms. The second kappa shape index (κ2) is 11.1. The summed E-state index contributed by atoms with van der Waals surface area (Å²) in [7, 11) is 1.74. The fraction of sp³-hybridized carbons (Fsp3) is 0.294. The van der Waals surface area contributed by atoms with Gasteiger partial charge in [-0.25, -0.2) is 4.98 Å². The highest BCUT2D eigenvalue weighted by atomic mass is 127. The Labute approximate surface area is 164 Å². The van der Waals surface area contributed by atoms with E-state index in [1.165, 1.54) is 0 Å². The van der Waals surface area contributed by atoms with Crippen LogP contribution in [0.15, 0.2) is 47.6 Å². The molecule has 0 spiro atoms. The Morgan fingerprint density at radius 1 is 1.17 bits per heavy atom. The van der Waals surface area contributed by atoms with E-state index in [9.17, 15) is 0 Å². The molecule has 5 nitrogen and oxygen atoms in total. The summed E-state index contributed by atoms with van der Waals surface area (Å²) >= 11 is 5.78. The van der Waals surface area contributed by atoms with E-state index in [1.807, 2.05) is 37.3 Å². The number of pyridine rings is 1. The standard InChI is InChI=1S/C17H21ClN4O.HI/c1-3-23-15-7-5-4-6-14(15)12-22-17(19-2)21-11-13-8-9-16(18)20-10-13;/h4-10H,3,11-12H2,1-2H3,(H2,19,21,22);1H. The van der Waals surface area contributed by atoms with Gasteiger partial charge in [-0.2, -0.15) is 0 Å². The fourth-order valence-corrected chi connectivity index (χ4v) is 2.15. The van der Waals surface area contributed by atoms with Crippen LogP contribution < -0.4 is 15.4 Å². The van der Waals surface area contributed by atoms with Gasteiger partial charge in [-0.05, 0) is 24.6 Å². The van der Waals surface area contributed by atoms with Crippen molar-refractivity contribution < 1.29 is 4.74 Å². The topological polar surface area (TPSA) is 58.5 Å². The fourth-order valence-electron chi connectivity index (χ4n) is 2.04. The van der Waals surface area contributed by atoms with E-state index in [1.54, 1.807) is 19.3 Å². The van der Waals surface area contributed by atoms with E-state index in [-0.39, 0.29) is 24.0 Å². The van der Waals surface area contributed by atoms with E-state index in [4.69, 9.17) is 16.3 Å². The first-order chi connectivity index (χ1) is 11.2. The molecule has 2 N–H and O–H groups in total. The number of hydrogen-bond donors (Lipinski definition) is 2. The third-order valence-electron chi connectivity index (χ3n) is 3.19. The SMILES string of the molecule is CCOc1ccccc1CNC(=NC)NCc1ccc(Cl)nc1.I. The van der Waals surface area contributed by atoms with Gasteiger partial charge in [0, 0.05) is 31.9 Å². The van der Waals surface area contributed by atoms with Gasteiger partial charge >= 0.3 is 0 Å². The van der Waals surface area contributed by atoms with Gasteiger partial charge in [0.2, 0.25) is 0 Å². The molecule has 0 radical (unpaired) electrons. The monoisotopic (exact) mass is 460 g/mol. The zero-order chi connectivity index (χ0) is 16.5. The lowest BCUT2D eigenvalue weighted by molar-refractivity contribution is 0.336. The normalized spacial score (nSPS) is 10.7. The van der Waals surface area contributed by atoms with E-state index in [0.29, 0.717) is 30.8 Å². The summed E-state index contributed by atoms with van der Waals surface area (Å²) in [5, 5.41) is 7.01. The van der Waals surface area contributed by atoms with Crippen LogP contribution in [0.3, 0.4) is 0 Å². The molecule has 0 atom stereocenters. The summed E-state index contributed by atoms with van der Waals surface area (Å²) in [6, 6.07) is 11.7. The lowest BCUT2D eigenvalue weighted by atomic mass is 10.2. The quantitative estimate of drug-likeness (QED) is 0.299. The van der Waals surface area contributed by atoms with Crippen LogP contribution in [0.4, 0.5) is 0 Å². The predicted molar refractivity (Wildman–Crippen MR) is 109 cm³/mol. The molecule has 0 bridgehead atoms. The van der Waals surface area contributed by atoms with Crippen molar-refractivity contribution in [3.05, 3.63) is 58.9 Å². The van der Waals surface area contributed by atoms with Gasteiger partial charge in [0.1, 0.15) is 10.9 Å². The Morgan fingerprint density at radius 2 is 1.92 bits per heavy atom. The van der Waals surface area contributed by atoms with Gasteiger partial charge in [-0.15, -0.1) is 24.0 Å². The molecule has 0 aliphatic rings. The highest BCUT2D eigenvalue weighted by Gasteiger charge is 2.04. The molecular weight excluding hydrogens is 439 g/mol. The molecule has 0 amide bonds. The van der Waals surface area contributed by atoms with Gasteiger partial charge in [-0.1, -0.05) is 35.9 Å². The van der Waals surface area contributed by atoms with Crippen LogP contribution in [0.1, 0.15) is 18.1 Å². The summed E-state index contributed by atoms with van der Waals surface area (Å²) in [6.07, 6.45) is 1.74. The largest absolute Gasteiger partial charge is 0.494 e. The molecule has 0 aliphatic heterocycles. The van der Waals surface area contributed by atoms with Crippen LogP contribution >= 0.6 is 35.6 Å². The third kappa shape index (κ3) is 6.52. The summed E-state index contributed by atoms with van der Waals surface area (Å²) in [6.45, 7) is 3.88. The summed E-state index contributed by atoms with van der Waals surface area (Å²) < 4.78 is 5.62. The lowest BCUT2D eigenvalue weighted by Crippen LogP contribution is -2.36. The van der Waals surface area contributed by atoms with Crippen molar-refractivity contribution in [2.45, 2.75) is 20.0 Å². The predicted octanol–water partition coefficient (Wildman–Crippen LogP) is 3.62. The van der Waals surface area contributed by atoms with Crippen molar-refractivity contribution in [1.29, 1.82) is 0 Å². The number of ether oxygens (including phenoxy) is 1. The number of aromatic nitrogens is 1. The number of aliphatic imine (C=N–C) groups is 1. The maximum atomic E-state index is 5.78. The number of nitrogens with zero attached hydrogens (tertiary/aromatic N) is 2. The average Bonchev–Trinajstić information content (AvgIpc) is 2.58. The number of nitrogens with one attached hydrogen (secondary N) is 2. The molecule has 1 aromatic carbocycles. The molecule has 2 aromatic rings. The molecule has 2 rings (SSSR count). The molecular formula is C17H22ClIN4O. The lowest BCUT2D eigenvalue weighted by Gasteiger charge is -2.14. The smallest absolute Gasteiger partial charge is 0.191 e. The first-order valence-electron chi connectivity index (χ1n) is 7.48. The summed E-state index contributed by atoms with van der Waals surface area (Å²) in [5.74, 6) is 1.60. The average molecular weight is 461 g/mol. The Kier molecular flexibility index (Phi) is 9.48. The molecule has 0 aliphatic carbocycles. The van der Waals surface area contributed by atoms with E-state index >= 15 is 0 Å². The van der Waals surface area contributed by atoms with Crippen molar-refractivity contribution >= 4 is 41.5 Å². The van der Waals surface area contributed by atoms with Gasteiger partial charge in [0.05, 0.1) is 6.61 Å². The Morgan fingerprint density at radius 3 is 2.58 bits per heavy atom. The minimum Gasteiger partial charge on any atom is -0.494 e. The molecule has 0 saturated carbocycles. The number of guanidine groups is 1. The maximum absolute atomic E-state index is 5.78. The first-order valence-corrected chi connectivity index (χ1v) is 7.86. The second-order valence-corrected chi connectivity index (χ2v) is 5.20. The molecule has 130 valence electrons. The Bertz CT molecular complexity index is 649. The molecule has 0 unspecified atom stereocenters. The molecule has 0 saturated heterocycles. The van der Waals surface area contributed by atoms with Gasteiger partial charge in [0.25, 0.3) is 0 Å². The Balaban J connectivity index is 0.00000288. The van der Waals surface area contributed by atoms with Crippen LogP contribution in [0.2, 0.25) is 5.15 Å². The number of para-hydroxylation sites is 1. The maximum Gasteiger partial charge on any atom is 0.191 e. The minimum atomic E-state index is 0. The number of halogens is 2. The number of hydrogen-bond acceptors (Lipinski definition) is 3. The van der Waals surface area contributed by atoms with Crippen molar-refractivity contribution in [2.75, 3.05) is 13.7 Å². The van der Waals surface area contributed by atoms with Crippen LogP contribution in [0, 0.1) is 0 Å². The van der Waals surface area contributed by atoms with Gasteiger partial charge in [0.15, 0.2) is 5.96 Å². The van der Waals surface area contributed by atoms with Crippen molar-refractivity contribution in [3.8, 4) is 5.75 Å². The zero-order valence-corrected chi connectivity index (χ0v) is 16.8. The molecule has 0 fully saturated rings. The zero-order valence-electron chi connectivity index (χ0n) is 13.8. The van der Waals surface area contributed by atoms with Gasteiger partial charge < -0.3 is 15.4 Å². The highest BCUT2D eigenvalue weighted by Crippen LogP contribution is 2.17. The van der Waals surface area contributed by atoms with E-state index < -0.39 is 0 Å². The second-order valence-electron chi connectivity index (χ2n) is 4.81. The Hall–Kier alpha value is -1.54. The van der Waals surface area contributed by atoms with Crippen molar-refractivity contribution in [1.82, 2.24) is 15.6 Å². The molecule has 1 aromatic heterocycles. The van der Waals surface area contributed by atoms with Crippen LogP contribution in [0.5, 0.6) is 5.75 Å². The molecule has 7 heteroatoms. The minimum absolute atomic E-state index is 0. The molecule has 1 heterocycles. The van der Waals surface area contributed by atoms with Crippen molar-refractivity contribution in [3.63, 3.8) is 0 Å². The van der Waals surface area contributed by atoms with Crippen LogP contribution in [0.25, 0.3) is 0 Å². The first kappa shape index (κ1) is 20.5. The third-order valence-corrected chi connectivity index (χ3v) is 3.41.